The fourth-order valence-electron chi connectivity index (χ4n) is 1.87. The minimum atomic E-state index is -0.255. The second-order valence-electron chi connectivity index (χ2n) is 4.27. The van der Waals surface area contributed by atoms with E-state index in [-0.39, 0.29) is 18.4 Å². The van der Waals surface area contributed by atoms with Crippen molar-refractivity contribution in [2.45, 2.75) is 20.8 Å². The molecule has 0 bridgehead atoms. The summed E-state index contributed by atoms with van der Waals surface area (Å²) in [5, 5.41) is 0.850. The van der Waals surface area contributed by atoms with Gasteiger partial charge in [0.25, 0.3) is 0 Å². The molecule has 110 valence electrons. The molecule has 0 radical (unpaired) electrons. The fourth-order valence-corrected chi connectivity index (χ4v) is 2.26. The van der Waals surface area contributed by atoms with Crippen molar-refractivity contribution in [1.82, 2.24) is 4.90 Å². The number of amides is 2. The summed E-state index contributed by atoms with van der Waals surface area (Å²) in [5.74, 6) is -0.379. The van der Waals surface area contributed by atoms with Gasteiger partial charge in [0.1, 0.15) is 6.54 Å². The van der Waals surface area contributed by atoms with E-state index in [0.29, 0.717) is 28.8 Å². The van der Waals surface area contributed by atoms with Gasteiger partial charge in [-0.15, -0.1) is 0 Å². The van der Waals surface area contributed by atoms with E-state index in [1.54, 1.807) is 23.1 Å². The van der Waals surface area contributed by atoms with Crippen LogP contribution in [0.5, 0.6) is 0 Å². The standard InChI is InChI=1S/C14H18Cl2N2O2/c1-4-17(5-2)14(20)9-18(10(3)19)13-8-11(15)6-7-12(13)16/h6-8H,4-5,9H2,1-3H3. The number of anilines is 1. The van der Waals surface area contributed by atoms with E-state index in [0.717, 1.165) is 0 Å². The largest absolute Gasteiger partial charge is 0.342 e. The van der Waals surface area contributed by atoms with E-state index in [4.69, 9.17) is 23.2 Å². The molecule has 1 aromatic rings. The zero-order chi connectivity index (χ0) is 15.3. The first-order valence-corrected chi connectivity index (χ1v) is 7.17. The third-order valence-electron chi connectivity index (χ3n) is 2.99. The number of hydrogen-bond donors (Lipinski definition) is 0. The average molecular weight is 317 g/mol. The molecule has 0 atom stereocenters. The Hall–Kier alpha value is -1.26. The Morgan fingerprint density at radius 2 is 1.75 bits per heavy atom. The first kappa shape index (κ1) is 16.8. The van der Waals surface area contributed by atoms with Crippen LogP contribution in [-0.4, -0.2) is 36.3 Å². The Bertz CT molecular complexity index is 502. The zero-order valence-electron chi connectivity index (χ0n) is 11.8. The molecule has 0 aliphatic heterocycles. The number of halogens is 2. The molecule has 0 saturated heterocycles. The molecule has 20 heavy (non-hydrogen) atoms. The van der Waals surface area contributed by atoms with Crippen molar-refractivity contribution in [2.75, 3.05) is 24.5 Å². The third kappa shape index (κ3) is 4.12. The van der Waals surface area contributed by atoms with Crippen LogP contribution in [0.1, 0.15) is 20.8 Å². The molecule has 1 aromatic carbocycles. The maximum Gasteiger partial charge on any atom is 0.242 e. The van der Waals surface area contributed by atoms with Gasteiger partial charge in [-0.3, -0.25) is 9.59 Å². The molecule has 4 nitrogen and oxygen atoms in total. The van der Waals surface area contributed by atoms with Gasteiger partial charge in [-0.2, -0.15) is 0 Å². The maximum atomic E-state index is 12.1. The summed E-state index contributed by atoms with van der Waals surface area (Å²) in [6, 6.07) is 4.83. The van der Waals surface area contributed by atoms with Crippen molar-refractivity contribution in [1.29, 1.82) is 0 Å². The predicted molar refractivity (Wildman–Crippen MR) is 82.4 cm³/mol. The second kappa shape index (κ2) is 7.50. The van der Waals surface area contributed by atoms with E-state index in [1.165, 1.54) is 11.8 Å². The lowest BCUT2D eigenvalue weighted by Gasteiger charge is -2.26. The molecule has 0 fully saturated rings. The Morgan fingerprint density at radius 1 is 1.15 bits per heavy atom. The van der Waals surface area contributed by atoms with E-state index in [9.17, 15) is 9.59 Å². The van der Waals surface area contributed by atoms with Crippen LogP contribution in [-0.2, 0) is 9.59 Å². The quantitative estimate of drug-likeness (QED) is 0.837. The van der Waals surface area contributed by atoms with Crippen LogP contribution in [0.25, 0.3) is 0 Å². The van der Waals surface area contributed by atoms with Gasteiger partial charge >= 0.3 is 0 Å². The minimum absolute atomic E-state index is 0.0446. The zero-order valence-corrected chi connectivity index (χ0v) is 13.3. The third-order valence-corrected chi connectivity index (χ3v) is 3.54. The van der Waals surface area contributed by atoms with Crippen molar-refractivity contribution in [2.24, 2.45) is 0 Å². The topological polar surface area (TPSA) is 40.6 Å². The van der Waals surface area contributed by atoms with Gasteiger partial charge in [0, 0.05) is 25.0 Å². The normalized spacial score (nSPS) is 10.2. The van der Waals surface area contributed by atoms with Crippen LogP contribution in [0.2, 0.25) is 10.0 Å². The summed E-state index contributed by atoms with van der Waals surface area (Å²) in [7, 11) is 0. The van der Waals surface area contributed by atoms with Gasteiger partial charge in [-0.25, -0.2) is 0 Å². The van der Waals surface area contributed by atoms with Crippen LogP contribution in [0.15, 0.2) is 18.2 Å². The van der Waals surface area contributed by atoms with Crippen molar-refractivity contribution in [3.8, 4) is 0 Å². The van der Waals surface area contributed by atoms with Crippen LogP contribution >= 0.6 is 23.2 Å². The van der Waals surface area contributed by atoms with Gasteiger partial charge < -0.3 is 9.80 Å². The number of carbonyl (C=O) groups is 2. The molecule has 0 heterocycles. The van der Waals surface area contributed by atoms with Gasteiger partial charge in [-0.05, 0) is 32.0 Å². The number of nitrogens with zero attached hydrogens (tertiary/aromatic N) is 2. The van der Waals surface area contributed by atoms with Gasteiger partial charge in [0.15, 0.2) is 0 Å². The van der Waals surface area contributed by atoms with E-state index in [2.05, 4.69) is 0 Å². The van der Waals surface area contributed by atoms with Crippen molar-refractivity contribution in [3.05, 3.63) is 28.2 Å². The van der Waals surface area contributed by atoms with Crippen LogP contribution in [0, 0.1) is 0 Å². The highest BCUT2D eigenvalue weighted by Crippen LogP contribution is 2.29. The molecule has 1 rings (SSSR count). The van der Waals surface area contributed by atoms with E-state index < -0.39 is 0 Å². The lowest BCUT2D eigenvalue weighted by Crippen LogP contribution is -2.42. The van der Waals surface area contributed by atoms with E-state index >= 15 is 0 Å². The van der Waals surface area contributed by atoms with Crippen molar-refractivity contribution in [3.63, 3.8) is 0 Å². The number of benzene rings is 1. The first-order valence-electron chi connectivity index (χ1n) is 6.41. The predicted octanol–water partition coefficient (Wildman–Crippen LogP) is 3.21. The van der Waals surface area contributed by atoms with Gasteiger partial charge in [-0.1, -0.05) is 23.2 Å². The highest BCUT2D eigenvalue weighted by atomic mass is 35.5. The highest BCUT2D eigenvalue weighted by Gasteiger charge is 2.21. The summed E-state index contributed by atoms with van der Waals surface area (Å²) < 4.78 is 0. The summed E-state index contributed by atoms with van der Waals surface area (Å²) in [5.41, 5.74) is 0.451. The van der Waals surface area contributed by atoms with E-state index in [1.807, 2.05) is 13.8 Å². The molecule has 0 N–H and O–H groups in total. The first-order chi connectivity index (χ1) is 9.40. The summed E-state index contributed by atoms with van der Waals surface area (Å²) in [6.45, 7) is 6.34. The Morgan fingerprint density at radius 3 is 2.25 bits per heavy atom. The van der Waals surface area contributed by atoms with Gasteiger partial charge in [0.2, 0.25) is 11.8 Å². The fraction of sp³-hybridized carbons (Fsp3) is 0.429. The molecule has 0 spiro atoms. The highest BCUT2D eigenvalue weighted by molar-refractivity contribution is 6.35. The molecule has 0 unspecified atom stereocenters. The average Bonchev–Trinajstić information content (AvgIpc) is 2.40. The van der Waals surface area contributed by atoms with Crippen LogP contribution < -0.4 is 4.90 Å². The molecule has 0 aliphatic rings. The SMILES string of the molecule is CCN(CC)C(=O)CN(C(C)=O)c1cc(Cl)ccc1Cl. The molecular formula is C14H18Cl2N2O2. The molecule has 6 heteroatoms. The molecular weight excluding hydrogens is 299 g/mol. The van der Waals surface area contributed by atoms with Crippen molar-refractivity contribution >= 4 is 40.7 Å². The number of rotatable bonds is 5. The summed E-state index contributed by atoms with van der Waals surface area (Å²) >= 11 is 12.0. The lowest BCUT2D eigenvalue weighted by atomic mass is 10.2. The summed E-state index contributed by atoms with van der Waals surface area (Å²) in [6.07, 6.45) is 0. The van der Waals surface area contributed by atoms with Gasteiger partial charge in [0.05, 0.1) is 10.7 Å². The summed E-state index contributed by atoms with van der Waals surface area (Å²) in [4.78, 5) is 26.9. The smallest absolute Gasteiger partial charge is 0.242 e. The number of carbonyl (C=O) groups excluding carboxylic acids is 2. The molecule has 0 saturated carbocycles. The number of likely N-dealkylation sites (N-methyl/N-ethyl adjacent to an activating group) is 1. The van der Waals surface area contributed by atoms with Crippen molar-refractivity contribution < 1.29 is 9.59 Å². The Labute approximate surface area is 129 Å². The minimum Gasteiger partial charge on any atom is -0.342 e. The Balaban J connectivity index is 3.04. The monoisotopic (exact) mass is 316 g/mol. The molecule has 0 aromatic heterocycles. The second-order valence-corrected chi connectivity index (χ2v) is 5.11. The Kier molecular flexibility index (Phi) is 6.30. The lowest BCUT2D eigenvalue weighted by molar-refractivity contribution is -0.130. The van der Waals surface area contributed by atoms with Crippen LogP contribution in [0.3, 0.4) is 0 Å². The number of hydrogen-bond acceptors (Lipinski definition) is 2. The molecule has 0 aliphatic carbocycles. The van der Waals surface area contributed by atoms with Crippen LogP contribution in [0.4, 0.5) is 5.69 Å². The molecule has 2 amide bonds. The maximum absolute atomic E-state index is 12.1.